The summed E-state index contributed by atoms with van der Waals surface area (Å²) in [5.74, 6) is 1.22. The van der Waals surface area contributed by atoms with Gasteiger partial charge in [0.05, 0.1) is 6.04 Å². The van der Waals surface area contributed by atoms with E-state index in [0.717, 1.165) is 11.1 Å². The van der Waals surface area contributed by atoms with Crippen LogP contribution in [0, 0.1) is 12.8 Å². The average molecular weight is 335 g/mol. The van der Waals surface area contributed by atoms with Crippen molar-refractivity contribution in [3.8, 4) is 11.5 Å². The maximum Gasteiger partial charge on any atom is 0.257 e. The first-order chi connectivity index (χ1) is 12.0. The van der Waals surface area contributed by atoms with Crippen LogP contribution in [0.1, 0.15) is 41.6 Å². The normalized spacial score (nSPS) is 12.2. The van der Waals surface area contributed by atoms with Crippen molar-refractivity contribution in [1.82, 2.24) is 15.5 Å². The van der Waals surface area contributed by atoms with Crippen LogP contribution in [0.5, 0.6) is 0 Å². The number of benzene rings is 2. The first-order valence-electron chi connectivity index (χ1n) is 8.31. The Morgan fingerprint density at radius 3 is 2.28 bits per heavy atom. The molecule has 0 saturated carbocycles. The van der Waals surface area contributed by atoms with E-state index in [1.165, 1.54) is 0 Å². The number of amides is 1. The van der Waals surface area contributed by atoms with Crippen LogP contribution in [0.4, 0.5) is 0 Å². The molecular formula is C20H21N3O2. The predicted molar refractivity (Wildman–Crippen MR) is 96.0 cm³/mol. The summed E-state index contributed by atoms with van der Waals surface area (Å²) in [5.41, 5.74) is 2.49. The van der Waals surface area contributed by atoms with Crippen molar-refractivity contribution in [1.29, 1.82) is 0 Å². The number of nitrogens with zero attached hydrogens (tertiary/aromatic N) is 2. The molecule has 0 bridgehead atoms. The summed E-state index contributed by atoms with van der Waals surface area (Å²) in [6.45, 7) is 5.96. The third kappa shape index (κ3) is 3.94. The first-order valence-corrected chi connectivity index (χ1v) is 8.31. The maximum absolute atomic E-state index is 12.6. The minimum absolute atomic E-state index is 0.0352. The fourth-order valence-corrected chi connectivity index (χ4v) is 2.70. The molecule has 5 heteroatoms. The van der Waals surface area contributed by atoms with Crippen molar-refractivity contribution in [3.05, 3.63) is 71.5 Å². The molecule has 128 valence electrons. The number of carbonyl (C=O) groups excluding carboxylic acids is 1. The Bertz CT molecular complexity index is 839. The van der Waals surface area contributed by atoms with Crippen LogP contribution < -0.4 is 5.32 Å². The molecule has 0 aliphatic heterocycles. The van der Waals surface area contributed by atoms with E-state index in [4.69, 9.17) is 4.52 Å². The lowest BCUT2D eigenvalue weighted by Crippen LogP contribution is -2.31. The zero-order valence-corrected chi connectivity index (χ0v) is 14.6. The van der Waals surface area contributed by atoms with E-state index in [-0.39, 0.29) is 17.9 Å². The van der Waals surface area contributed by atoms with Crippen molar-refractivity contribution in [2.45, 2.75) is 26.8 Å². The Hall–Kier alpha value is -2.95. The van der Waals surface area contributed by atoms with E-state index in [2.05, 4.69) is 29.3 Å². The van der Waals surface area contributed by atoms with Gasteiger partial charge in [0.1, 0.15) is 0 Å². The van der Waals surface area contributed by atoms with E-state index in [0.29, 0.717) is 17.3 Å². The molecule has 0 fully saturated rings. The van der Waals surface area contributed by atoms with Crippen LogP contribution in [-0.4, -0.2) is 16.0 Å². The fourth-order valence-electron chi connectivity index (χ4n) is 2.70. The summed E-state index contributed by atoms with van der Waals surface area (Å²) in [4.78, 5) is 16.8. The molecule has 0 spiro atoms. The van der Waals surface area contributed by atoms with Crippen LogP contribution in [0.25, 0.3) is 11.5 Å². The molecule has 3 rings (SSSR count). The zero-order valence-electron chi connectivity index (χ0n) is 14.6. The van der Waals surface area contributed by atoms with Crippen molar-refractivity contribution in [3.63, 3.8) is 0 Å². The van der Waals surface area contributed by atoms with Gasteiger partial charge in [-0.05, 0) is 42.7 Å². The van der Waals surface area contributed by atoms with Gasteiger partial charge in [-0.1, -0.05) is 49.3 Å². The molecule has 25 heavy (non-hydrogen) atoms. The van der Waals surface area contributed by atoms with Gasteiger partial charge in [0, 0.05) is 11.1 Å². The van der Waals surface area contributed by atoms with Gasteiger partial charge in [-0.25, -0.2) is 0 Å². The van der Waals surface area contributed by atoms with Crippen LogP contribution in [-0.2, 0) is 0 Å². The monoisotopic (exact) mass is 335 g/mol. The fraction of sp³-hybridized carbons (Fsp3) is 0.250. The van der Waals surface area contributed by atoms with Crippen molar-refractivity contribution in [2.24, 2.45) is 5.92 Å². The van der Waals surface area contributed by atoms with Gasteiger partial charge < -0.3 is 9.84 Å². The minimum atomic E-state index is -0.101. The molecule has 0 aliphatic carbocycles. The van der Waals surface area contributed by atoms with Crippen molar-refractivity contribution >= 4 is 5.91 Å². The largest absolute Gasteiger partial charge is 0.345 e. The summed E-state index contributed by atoms with van der Waals surface area (Å²) in [6, 6.07) is 17.1. The van der Waals surface area contributed by atoms with Gasteiger partial charge in [-0.2, -0.15) is 4.98 Å². The number of aromatic nitrogens is 2. The van der Waals surface area contributed by atoms with Crippen LogP contribution in [0.2, 0.25) is 0 Å². The second-order valence-corrected chi connectivity index (χ2v) is 6.33. The van der Waals surface area contributed by atoms with E-state index in [1.807, 2.05) is 42.5 Å². The van der Waals surface area contributed by atoms with Crippen LogP contribution in [0.3, 0.4) is 0 Å². The Labute approximate surface area is 147 Å². The van der Waals surface area contributed by atoms with Crippen molar-refractivity contribution < 1.29 is 9.32 Å². The van der Waals surface area contributed by atoms with Gasteiger partial charge in [0.25, 0.3) is 11.8 Å². The Morgan fingerprint density at radius 1 is 1.04 bits per heavy atom. The Balaban J connectivity index is 1.76. The summed E-state index contributed by atoms with van der Waals surface area (Å²) < 4.78 is 5.14. The second kappa shape index (κ2) is 7.30. The van der Waals surface area contributed by atoms with E-state index >= 15 is 0 Å². The lowest BCUT2D eigenvalue weighted by atomic mass is 9.95. The molecule has 1 N–H and O–H groups in total. The highest BCUT2D eigenvalue weighted by Crippen LogP contribution is 2.23. The molecule has 0 saturated heterocycles. The SMILES string of the molecule is Cc1noc(-c2ccc(C(=O)NC(c3ccccc3)C(C)C)cc2)n1. The van der Waals surface area contributed by atoms with Gasteiger partial charge in [0.2, 0.25) is 0 Å². The minimum Gasteiger partial charge on any atom is -0.345 e. The lowest BCUT2D eigenvalue weighted by Gasteiger charge is -2.23. The van der Waals surface area contributed by atoms with Gasteiger partial charge in [-0.3, -0.25) is 4.79 Å². The molecule has 1 atom stereocenters. The first kappa shape index (κ1) is 16.9. The third-order valence-electron chi connectivity index (χ3n) is 4.03. The molecule has 5 nitrogen and oxygen atoms in total. The predicted octanol–water partition coefficient (Wildman–Crippen LogP) is 4.17. The molecule has 3 aromatic rings. The number of hydrogen-bond donors (Lipinski definition) is 1. The molecule has 1 amide bonds. The Kier molecular flexibility index (Phi) is 4.93. The summed E-state index contributed by atoms with van der Waals surface area (Å²) >= 11 is 0. The van der Waals surface area contributed by atoms with Crippen LogP contribution >= 0.6 is 0 Å². The van der Waals surface area contributed by atoms with Gasteiger partial charge in [0.15, 0.2) is 5.82 Å². The van der Waals surface area contributed by atoms with Gasteiger partial charge in [-0.15, -0.1) is 0 Å². The molecule has 1 unspecified atom stereocenters. The second-order valence-electron chi connectivity index (χ2n) is 6.33. The zero-order chi connectivity index (χ0) is 17.8. The number of aryl methyl sites for hydroxylation is 1. The van der Waals surface area contributed by atoms with E-state index in [1.54, 1.807) is 19.1 Å². The number of rotatable bonds is 5. The highest BCUT2D eigenvalue weighted by Gasteiger charge is 2.19. The number of hydrogen-bond acceptors (Lipinski definition) is 4. The van der Waals surface area contributed by atoms with E-state index in [9.17, 15) is 4.79 Å². The number of carbonyl (C=O) groups is 1. The quantitative estimate of drug-likeness (QED) is 0.760. The van der Waals surface area contributed by atoms with Crippen molar-refractivity contribution in [2.75, 3.05) is 0 Å². The topological polar surface area (TPSA) is 68.0 Å². The maximum atomic E-state index is 12.6. The lowest BCUT2D eigenvalue weighted by molar-refractivity contribution is 0.0925. The highest BCUT2D eigenvalue weighted by molar-refractivity contribution is 5.94. The molecule has 0 radical (unpaired) electrons. The number of nitrogens with one attached hydrogen (secondary N) is 1. The molecular weight excluding hydrogens is 314 g/mol. The van der Waals surface area contributed by atoms with E-state index < -0.39 is 0 Å². The summed E-state index contributed by atoms with van der Waals surface area (Å²) in [6.07, 6.45) is 0. The van der Waals surface area contributed by atoms with Gasteiger partial charge >= 0.3 is 0 Å². The third-order valence-corrected chi connectivity index (χ3v) is 4.03. The summed E-state index contributed by atoms with van der Waals surface area (Å²) in [7, 11) is 0. The molecule has 0 aliphatic rings. The average Bonchev–Trinajstić information content (AvgIpc) is 3.06. The molecule has 1 aromatic heterocycles. The van der Waals surface area contributed by atoms with Crippen LogP contribution in [0.15, 0.2) is 59.1 Å². The Morgan fingerprint density at radius 2 is 1.72 bits per heavy atom. The standard InChI is InChI=1S/C20H21N3O2/c1-13(2)18(15-7-5-4-6-8-15)22-19(24)16-9-11-17(12-10-16)20-21-14(3)23-25-20/h4-13,18H,1-3H3,(H,22,24). The molecule has 1 heterocycles. The smallest absolute Gasteiger partial charge is 0.257 e. The highest BCUT2D eigenvalue weighted by atomic mass is 16.5. The summed E-state index contributed by atoms with van der Waals surface area (Å²) in [5, 5.41) is 6.90. The molecule has 2 aromatic carbocycles.